The molecule has 1 heterocycles. The molecule has 1 atom stereocenters. The summed E-state index contributed by atoms with van der Waals surface area (Å²) in [5.41, 5.74) is 2.42. The van der Waals surface area contributed by atoms with E-state index in [1.807, 2.05) is 12.1 Å². The van der Waals surface area contributed by atoms with Crippen molar-refractivity contribution in [2.45, 2.75) is 12.6 Å². The summed E-state index contributed by atoms with van der Waals surface area (Å²) < 4.78 is 5.77. The second kappa shape index (κ2) is 12.5. The van der Waals surface area contributed by atoms with E-state index in [1.165, 1.54) is 0 Å². The van der Waals surface area contributed by atoms with E-state index in [-0.39, 0.29) is 24.6 Å². The molecule has 0 aliphatic carbocycles. The lowest BCUT2D eigenvalue weighted by Crippen LogP contribution is -2.48. The van der Waals surface area contributed by atoms with Gasteiger partial charge in [0.1, 0.15) is 0 Å². The maximum atomic E-state index is 12.1. The van der Waals surface area contributed by atoms with E-state index in [1.54, 1.807) is 37.4 Å². The summed E-state index contributed by atoms with van der Waals surface area (Å²) in [4.78, 5) is 25.9. The minimum atomic E-state index is -0.301. The number of rotatable bonds is 6. The highest BCUT2D eigenvalue weighted by Gasteiger charge is 2.21. The second-order valence-corrected chi connectivity index (χ2v) is 8.31. The molecule has 1 aliphatic rings. The van der Waals surface area contributed by atoms with Crippen LogP contribution in [0.25, 0.3) is 0 Å². The lowest BCUT2D eigenvalue weighted by Gasteiger charge is -2.33. The van der Waals surface area contributed by atoms with Crippen molar-refractivity contribution >= 4 is 35.1 Å². The van der Waals surface area contributed by atoms with Gasteiger partial charge in [-0.1, -0.05) is 41.1 Å². The normalized spacial score (nSPS) is 15.8. The Morgan fingerprint density at radius 2 is 1.91 bits per heavy atom. The van der Waals surface area contributed by atoms with Gasteiger partial charge < -0.3 is 20.7 Å². The molecular weight excluding hydrogens is 463 g/mol. The van der Waals surface area contributed by atoms with Gasteiger partial charge >= 0.3 is 6.03 Å². The van der Waals surface area contributed by atoms with Gasteiger partial charge in [0.15, 0.2) is 0 Å². The molecule has 33 heavy (non-hydrogen) atoms. The van der Waals surface area contributed by atoms with Crippen molar-refractivity contribution in [2.75, 3.05) is 39.8 Å². The molecule has 1 saturated heterocycles. The van der Waals surface area contributed by atoms with Crippen LogP contribution >= 0.6 is 23.2 Å². The molecule has 0 bridgehead atoms. The van der Waals surface area contributed by atoms with Crippen LogP contribution < -0.4 is 16.0 Å². The second-order valence-electron chi connectivity index (χ2n) is 7.50. The van der Waals surface area contributed by atoms with Gasteiger partial charge in [0.05, 0.1) is 29.3 Å². The van der Waals surface area contributed by atoms with Gasteiger partial charge in [-0.25, -0.2) is 4.79 Å². The smallest absolute Gasteiger partial charge is 0.315 e. The molecule has 3 N–H and O–H groups in total. The Kier molecular flexibility index (Phi) is 9.40. The zero-order chi connectivity index (χ0) is 23.6. The third-order valence-electron chi connectivity index (χ3n) is 5.05. The summed E-state index contributed by atoms with van der Waals surface area (Å²) in [5.74, 6) is 5.70. The van der Waals surface area contributed by atoms with Crippen LogP contribution in [0.5, 0.6) is 0 Å². The predicted octanol–water partition coefficient (Wildman–Crippen LogP) is 2.90. The standard InChI is InChI=1S/C24H26Cl2N4O3/c1-27-23(31)19-7-4-17(5-8-19)3-2-10-28-24(32)29-14-20-16-30(11-12-33-20)15-18-6-9-21(25)22(26)13-18/h4-9,13,20H,10-12,14-16H2,1H3,(H,27,31)(H2,28,29,32)/t20-/m0/s1. The SMILES string of the molecule is CNC(=O)c1ccc(C#CCNC(=O)NC[C@H]2CN(Cc3ccc(Cl)c(Cl)c3)CCO2)cc1. The molecule has 0 aromatic heterocycles. The first-order valence-corrected chi connectivity index (χ1v) is 11.3. The first kappa shape index (κ1) is 24.9. The maximum Gasteiger partial charge on any atom is 0.315 e. The summed E-state index contributed by atoms with van der Waals surface area (Å²) in [6, 6.07) is 12.3. The lowest BCUT2D eigenvalue weighted by molar-refractivity contribution is -0.0286. The third-order valence-corrected chi connectivity index (χ3v) is 5.79. The Morgan fingerprint density at radius 1 is 1.12 bits per heavy atom. The van der Waals surface area contributed by atoms with E-state index in [2.05, 4.69) is 32.7 Å². The molecular formula is C24H26Cl2N4O3. The van der Waals surface area contributed by atoms with Crippen LogP contribution in [0.3, 0.4) is 0 Å². The van der Waals surface area contributed by atoms with Crippen LogP contribution in [0, 0.1) is 11.8 Å². The van der Waals surface area contributed by atoms with Crippen LogP contribution in [0.1, 0.15) is 21.5 Å². The number of halogens is 2. The van der Waals surface area contributed by atoms with Crippen molar-refractivity contribution < 1.29 is 14.3 Å². The number of carbonyl (C=O) groups excluding carboxylic acids is 2. The number of amides is 3. The van der Waals surface area contributed by atoms with Crippen molar-refractivity contribution in [2.24, 2.45) is 0 Å². The molecule has 1 fully saturated rings. The molecule has 3 rings (SSSR count). The van der Waals surface area contributed by atoms with Gasteiger partial charge in [-0.2, -0.15) is 0 Å². The van der Waals surface area contributed by atoms with E-state index in [0.29, 0.717) is 35.3 Å². The molecule has 2 aromatic carbocycles. The molecule has 7 nitrogen and oxygen atoms in total. The minimum Gasteiger partial charge on any atom is -0.374 e. The molecule has 0 unspecified atom stereocenters. The van der Waals surface area contributed by atoms with Crippen molar-refractivity contribution in [1.29, 1.82) is 0 Å². The summed E-state index contributed by atoms with van der Waals surface area (Å²) in [6.45, 7) is 3.45. The van der Waals surface area contributed by atoms with Gasteiger partial charge in [0.2, 0.25) is 0 Å². The lowest BCUT2D eigenvalue weighted by atomic mass is 10.1. The number of ether oxygens (including phenoxy) is 1. The van der Waals surface area contributed by atoms with Gasteiger partial charge in [-0.15, -0.1) is 0 Å². The predicted molar refractivity (Wildman–Crippen MR) is 130 cm³/mol. The van der Waals surface area contributed by atoms with Crippen molar-refractivity contribution in [3.8, 4) is 11.8 Å². The minimum absolute atomic E-state index is 0.0998. The number of morpholine rings is 1. The number of urea groups is 1. The van der Waals surface area contributed by atoms with E-state index >= 15 is 0 Å². The zero-order valence-corrected chi connectivity index (χ0v) is 19.8. The van der Waals surface area contributed by atoms with Crippen LogP contribution in [0.2, 0.25) is 10.0 Å². The monoisotopic (exact) mass is 488 g/mol. The maximum absolute atomic E-state index is 12.1. The quantitative estimate of drug-likeness (QED) is 0.546. The fourth-order valence-electron chi connectivity index (χ4n) is 3.33. The van der Waals surface area contributed by atoms with Crippen molar-refractivity contribution in [3.63, 3.8) is 0 Å². The number of carbonyl (C=O) groups is 2. The van der Waals surface area contributed by atoms with E-state index in [0.717, 1.165) is 24.2 Å². The first-order valence-electron chi connectivity index (χ1n) is 10.5. The average Bonchev–Trinajstić information content (AvgIpc) is 2.83. The topological polar surface area (TPSA) is 82.7 Å². The van der Waals surface area contributed by atoms with Crippen molar-refractivity contribution in [3.05, 3.63) is 69.2 Å². The summed E-state index contributed by atoms with van der Waals surface area (Å²) in [7, 11) is 1.58. The van der Waals surface area contributed by atoms with Crippen molar-refractivity contribution in [1.82, 2.24) is 20.9 Å². The number of hydrogen-bond acceptors (Lipinski definition) is 4. The third kappa shape index (κ3) is 7.95. The molecule has 3 amide bonds. The average molecular weight is 489 g/mol. The van der Waals surface area contributed by atoms with E-state index in [9.17, 15) is 9.59 Å². The molecule has 2 aromatic rings. The first-order chi connectivity index (χ1) is 15.9. The van der Waals surface area contributed by atoms with Gasteiger partial charge in [-0.05, 0) is 42.0 Å². The van der Waals surface area contributed by atoms with Gasteiger partial charge in [0.25, 0.3) is 5.91 Å². The number of nitrogens with zero attached hydrogens (tertiary/aromatic N) is 1. The Balaban J connectivity index is 1.37. The molecule has 174 valence electrons. The summed E-state index contributed by atoms with van der Waals surface area (Å²) in [5, 5.41) is 9.19. The molecule has 0 spiro atoms. The molecule has 0 radical (unpaired) electrons. The Hall–Kier alpha value is -2.76. The number of nitrogens with one attached hydrogen (secondary N) is 3. The Morgan fingerprint density at radius 3 is 2.64 bits per heavy atom. The Bertz CT molecular complexity index is 1030. The van der Waals surface area contributed by atoms with Crippen LogP contribution in [-0.4, -0.2) is 62.8 Å². The summed E-state index contributed by atoms with van der Waals surface area (Å²) in [6.07, 6.45) is -0.0998. The Labute approximate surface area is 203 Å². The zero-order valence-electron chi connectivity index (χ0n) is 18.3. The highest BCUT2D eigenvalue weighted by Crippen LogP contribution is 2.23. The van der Waals surface area contributed by atoms with Gasteiger partial charge in [-0.3, -0.25) is 9.69 Å². The molecule has 0 saturated carbocycles. The molecule has 1 aliphatic heterocycles. The number of hydrogen-bond donors (Lipinski definition) is 3. The summed E-state index contributed by atoms with van der Waals surface area (Å²) >= 11 is 12.1. The number of benzene rings is 2. The highest BCUT2D eigenvalue weighted by molar-refractivity contribution is 6.42. The van der Waals surface area contributed by atoms with E-state index < -0.39 is 0 Å². The van der Waals surface area contributed by atoms with Crippen LogP contribution in [0.15, 0.2) is 42.5 Å². The van der Waals surface area contributed by atoms with E-state index in [4.69, 9.17) is 27.9 Å². The van der Waals surface area contributed by atoms with Gasteiger partial charge in [0, 0.05) is 44.4 Å². The fraction of sp³-hybridized carbons (Fsp3) is 0.333. The highest BCUT2D eigenvalue weighted by atomic mass is 35.5. The molecule has 9 heteroatoms. The largest absolute Gasteiger partial charge is 0.374 e. The van der Waals surface area contributed by atoms with Crippen LogP contribution in [-0.2, 0) is 11.3 Å². The fourth-order valence-corrected chi connectivity index (χ4v) is 3.65. The van der Waals surface area contributed by atoms with Crippen LogP contribution in [0.4, 0.5) is 4.79 Å².